The molecule has 2 aliphatic heterocycles. The summed E-state index contributed by atoms with van der Waals surface area (Å²) in [6.07, 6.45) is -4.92. The van der Waals surface area contributed by atoms with E-state index < -0.39 is 41.2 Å². The predicted molar refractivity (Wildman–Crippen MR) is 137 cm³/mol. The van der Waals surface area contributed by atoms with E-state index in [-0.39, 0.29) is 55.6 Å². The third kappa shape index (κ3) is 5.30. The average Bonchev–Trinajstić information content (AvgIpc) is 2.93. The maximum atomic E-state index is 15.0. The van der Waals surface area contributed by atoms with Crippen LogP contribution in [0.25, 0.3) is 0 Å². The summed E-state index contributed by atoms with van der Waals surface area (Å²) in [5, 5.41) is 0. The number of hydrogen-bond acceptors (Lipinski definition) is 6. The molecule has 210 valence electrons. The van der Waals surface area contributed by atoms with E-state index in [9.17, 15) is 26.7 Å². The molecule has 1 fully saturated rings. The van der Waals surface area contributed by atoms with Crippen LogP contribution in [0.1, 0.15) is 23.6 Å². The molecule has 3 aromatic rings. The zero-order chi connectivity index (χ0) is 28.6. The summed E-state index contributed by atoms with van der Waals surface area (Å²) in [6, 6.07) is 11.2. The van der Waals surface area contributed by atoms with Gasteiger partial charge in [-0.3, -0.25) is 4.79 Å². The number of alkyl halides is 3. The Kier molecular flexibility index (Phi) is 7.35. The van der Waals surface area contributed by atoms with Crippen molar-refractivity contribution in [2.45, 2.75) is 18.6 Å². The zero-order valence-corrected chi connectivity index (χ0v) is 21.3. The number of hydrogen-bond donors (Lipinski definition) is 0. The van der Waals surface area contributed by atoms with Gasteiger partial charge in [0, 0.05) is 43.5 Å². The summed E-state index contributed by atoms with van der Waals surface area (Å²) < 4.78 is 88.7. The molecule has 0 radical (unpaired) electrons. The Balaban J connectivity index is 1.57. The van der Waals surface area contributed by atoms with Gasteiger partial charge in [0.05, 0.1) is 30.8 Å². The first kappa shape index (κ1) is 27.4. The molecule has 2 aliphatic rings. The quantitative estimate of drug-likeness (QED) is 0.286. The first-order valence-corrected chi connectivity index (χ1v) is 12.4. The lowest BCUT2D eigenvalue weighted by molar-refractivity contribution is -0.141. The van der Waals surface area contributed by atoms with E-state index in [0.29, 0.717) is 5.56 Å². The fraction of sp³-hybridized carbons (Fsp3) is 0.286. The van der Waals surface area contributed by atoms with Crippen molar-refractivity contribution in [3.8, 4) is 0 Å². The average molecular weight is 563 g/mol. The second-order valence-corrected chi connectivity index (χ2v) is 9.37. The molecule has 40 heavy (non-hydrogen) atoms. The zero-order valence-electron chi connectivity index (χ0n) is 21.3. The summed E-state index contributed by atoms with van der Waals surface area (Å²) >= 11 is 0. The lowest BCUT2D eigenvalue weighted by Gasteiger charge is -2.45. The number of methoxy groups -OCH3 is 1. The van der Waals surface area contributed by atoms with Crippen LogP contribution in [-0.2, 0) is 15.7 Å². The van der Waals surface area contributed by atoms with Crippen LogP contribution in [0.15, 0.2) is 65.7 Å². The van der Waals surface area contributed by atoms with Gasteiger partial charge in [0.1, 0.15) is 23.1 Å². The van der Waals surface area contributed by atoms with E-state index in [1.807, 2.05) is 0 Å². The third-order valence-electron chi connectivity index (χ3n) is 6.97. The van der Waals surface area contributed by atoms with Crippen LogP contribution in [0.2, 0.25) is 0 Å². The van der Waals surface area contributed by atoms with Gasteiger partial charge in [-0.25, -0.2) is 18.2 Å². The molecule has 0 spiro atoms. The highest BCUT2D eigenvalue weighted by Gasteiger charge is 2.39. The van der Waals surface area contributed by atoms with E-state index >= 15 is 4.39 Å². The second kappa shape index (κ2) is 10.7. The highest BCUT2D eigenvalue weighted by Crippen LogP contribution is 2.43. The number of ether oxygens (including phenoxy) is 1. The van der Waals surface area contributed by atoms with Gasteiger partial charge in [-0.05, 0) is 36.4 Å². The van der Waals surface area contributed by atoms with Crippen molar-refractivity contribution in [3.63, 3.8) is 0 Å². The fourth-order valence-electron chi connectivity index (χ4n) is 5.03. The van der Waals surface area contributed by atoms with E-state index in [0.717, 1.165) is 24.3 Å². The van der Waals surface area contributed by atoms with E-state index in [2.05, 4.69) is 4.99 Å². The molecule has 0 bridgehead atoms. The molecule has 0 amide bonds. The Hall–Kier alpha value is -4.22. The van der Waals surface area contributed by atoms with Crippen LogP contribution >= 0.6 is 0 Å². The number of nitrogens with zero attached hydrogens (tertiary/aromatic N) is 4. The molecular formula is C28H24F6N4O2. The number of fused-ring (bicyclic) bond motifs is 1. The van der Waals surface area contributed by atoms with Gasteiger partial charge in [0.2, 0.25) is 5.96 Å². The molecule has 2 heterocycles. The molecule has 6 nitrogen and oxygen atoms in total. The predicted octanol–water partition coefficient (Wildman–Crippen LogP) is 6.06. The molecule has 1 atom stereocenters. The third-order valence-corrected chi connectivity index (χ3v) is 6.97. The Morgan fingerprint density at radius 1 is 0.925 bits per heavy atom. The Morgan fingerprint density at radius 2 is 1.62 bits per heavy atom. The van der Waals surface area contributed by atoms with Crippen LogP contribution in [0.4, 0.5) is 43.4 Å². The number of piperazine rings is 1. The summed E-state index contributed by atoms with van der Waals surface area (Å²) in [5.41, 5.74) is -0.297. The summed E-state index contributed by atoms with van der Waals surface area (Å²) in [4.78, 5) is 22.0. The smallest absolute Gasteiger partial charge is 0.416 e. The monoisotopic (exact) mass is 562 g/mol. The molecule has 1 saturated heterocycles. The standard InChI is InChI=1S/C28H24F6N4O2/c1-40-25(39)16-24-20-6-3-7-21(30)26(20)35-27(38(24)19-5-2-4-17(14-19)28(32,33)34)37-12-10-36(11-13-37)23-9-8-18(29)15-22(23)31/h2-9,14-15,24H,10-13,16H2,1H3. The molecule has 0 aromatic heterocycles. The van der Waals surface area contributed by atoms with Crippen molar-refractivity contribution >= 4 is 29.0 Å². The number of rotatable bonds is 4. The van der Waals surface area contributed by atoms with Crippen LogP contribution < -0.4 is 9.80 Å². The SMILES string of the molecule is COC(=O)CC1c2cccc(F)c2N=C(N2CCN(c3ccc(F)cc3F)CC2)N1c1cccc(C(F)(F)F)c1. The normalized spacial score (nSPS) is 17.4. The number of guanidine groups is 1. The number of para-hydroxylation sites is 1. The van der Waals surface area contributed by atoms with E-state index in [4.69, 9.17) is 4.74 Å². The Labute approximate surface area is 226 Å². The largest absolute Gasteiger partial charge is 0.469 e. The number of anilines is 2. The van der Waals surface area contributed by atoms with E-state index in [1.165, 1.54) is 42.3 Å². The van der Waals surface area contributed by atoms with Crippen LogP contribution in [0.5, 0.6) is 0 Å². The Bertz CT molecular complexity index is 1450. The van der Waals surface area contributed by atoms with Crippen LogP contribution in [0, 0.1) is 17.5 Å². The number of esters is 1. The van der Waals surface area contributed by atoms with Gasteiger partial charge >= 0.3 is 12.1 Å². The van der Waals surface area contributed by atoms with Crippen molar-refractivity contribution in [2.24, 2.45) is 4.99 Å². The van der Waals surface area contributed by atoms with Crippen molar-refractivity contribution < 1.29 is 35.9 Å². The molecule has 0 aliphatic carbocycles. The fourth-order valence-corrected chi connectivity index (χ4v) is 5.03. The molecule has 0 N–H and O–H groups in total. The molecule has 3 aromatic carbocycles. The number of benzene rings is 3. The van der Waals surface area contributed by atoms with Gasteiger partial charge in [-0.1, -0.05) is 18.2 Å². The highest BCUT2D eigenvalue weighted by atomic mass is 19.4. The van der Waals surface area contributed by atoms with Gasteiger partial charge in [-0.15, -0.1) is 0 Å². The number of carbonyl (C=O) groups is 1. The first-order chi connectivity index (χ1) is 19.1. The summed E-state index contributed by atoms with van der Waals surface area (Å²) in [6.45, 7) is 1.01. The maximum Gasteiger partial charge on any atom is 0.416 e. The Morgan fingerprint density at radius 3 is 2.30 bits per heavy atom. The van der Waals surface area contributed by atoms with Gasteiger partial charge in [0.25, 0.3) is 0 Å². The first-order valence-electron chi connectivity index (χ1n) is 12.4. The van der Waals surface area contributed by atoms with Gasteiger partial charge in [-0.2, -0.15) is 13.2 Å². The summed E-state index contributed by atoms with van der Waals surface area (Å²) in [5.74, 6) is -2.57. The summed E-state index contributed by atoms with van der Waals surface area (Å²) in [7, 11) is 1.19. The molecule has 5 rings (SSSR count). The second-order valence-electron chi connectivity index (χ2n) is 9.37. The molecule has 12 heteroatoms. The van der Waals surface area contributed by atoms with E-state index in [1.54, 1.807) is 15.9 Å². The topological polar surface area (TPSA) is 48.4 Å². The lowest BCUT2D eigenvalue weighted by atomic mass is 9.97. The number of carbonyl (C=O) groups excluding carboxylic acids is 1. The van der Waals surface area contributed by atoms with Gasteiger partial charge < -0.3 is 19.4 Å². The van der Waals surface area contributed by atoms with Crippen molar-refractivity contribution in [1.29, 1.82) is 0 Å². The van der Waals surface area contributed by atoms with Crippen molar-refractivity contribution in [2.75, 3.05) is 43.1 Å². The number of halogens is 6. The van der Waals surface area contributed by atoms with Crippen molar-refractivity contribution in [3.05, 3.63) is 89.2 Å². The van der Waals surface area contributed by atoms with Gasteiger partial charge in [0.15, 0.2) is 0 Å². The minimum absolute atomic E-state index is 0.0263. The minimum atomic E-state index is -4.63. The maximum absolute atomic E-state index is 15.0. The van der Waals surface area contributed by atoms with Crippen LogP contribution in [-0.4, -0.2) is 50.1 Å². The number of aliphatic imine (C=N–C) groups is 1. The van der Waals surface area contributed by atoms with Crippen molar-refractivity contribution in [1.82, 2.24) is 4.90 Å². The highest BCUT2D eigenvalue weighted by molar-refractivity contribution is 6.01. The lowest BCUT2D eigenvalue weighted by Crippen LogP contribution is -2.55. The minimum Gasteiger partial charge on any atom is -0.469 e. The molecular weight excluding hydrogens is 538 g/mol. The molecule has 1 unspecified atom stereocenters. The molecule has 0 saturated carbocycles. The van der Waals surface area contributed by atoms with Crippen LogP contribution in [0.3, 0.4) is 0 Å².